The van der Waals surface area contributed by atoms with Gasteiger partial charge in [-0.25, -0.2) is 0 Å². The summed E-state index contributed by atoms with van der Waals surface area (Å²) < 4.78 is 6.02. The van der Waals surface area contributed by atoms with Crippen LogP contribution >= 0.6 is 0 Å². The van der Waals surface area contributed by atoms with E-state index in [1.807, 2.05) is 0 Å². The lowest BCUT2D eigenvalue weighted by molar-refractivity contribution is 0.101. The summed E-state index contributed by atoms with van der Waals surface area (Å²) in [5, 5.41) is 3.55. The van der Waals surface area contributed by atoms with Crippen molar-refractivity contribution in [2.45, 2.75) is 31.9 Å². The fourth-order valence-corrected chi connectivity index (χ4v) is 3.05. The normalized spacial score (nSPS) is 26.7. The topological polar surface area (TPSA) is 24.5 Å². The van der Waals surface area contributed by atoms with Crippen molar-refractivity contribution in [3.63, 3.8) is 0 Å². The van der Waals surface area contributed by atoms with Crippen LogP contribution in [-0.4, -0.2) is 42.7 Å². The van der Waals surface area contributed by atoms with E-state index in [9.17, 15) is 0 Å². The van der Waals surface area contributed by atoms with Crippen molar-refractivity contribution in [1.82, 2.24) is 10.2 Å². The molecule has 0 radical (unpaired) electrons. The highest BCUT2D eigenvalue weighted by atomic mass is 16.5. The van der Waals surface area contributed by atoms with Crippen LogP contribution in [0.3, 0.4) is 0 Å². The summed E-state index contributed by atoms with van der Waals surface area (Å²) in [5.41, 5.74) is 1.58. The molecular formula is C15H22N2O. The molecule has 2 aliphatic heterocycles. The van der Waals surface area contributed by atoms with E-state index in [-0.39, 0.29) is 5.54 Å². The summed E-state index contributed by atoms with van der Waals surface area (Å²) in [6, 6.07) is 8.40. The first kappa shape index (κ1) is 12.0. The fraction of sp³-hybridized carbons (Fsp3) is 0.600. The number of piperazine rings is 1. The zero-order valence-electron chi connectivity index (χ0n) is 11.3. The molecule has 2 aliphatic rings. The average Bonchev–Trinajstić information content (AvgIpc) is 2.69. The summed E-state index contributed by atoms with van der Waals surface area (Å²) in [6.45, 7) is 8.88. The molecule has 0 saturated carbocycles. The van der Waals surface area contributed by atoms with Gasteiger partial charge in [0.25, 0.3) is 0 Å². The number of ether oxygens (including phenoxy) is 1. The van der Waals surface area contributed by atoms with Gasteiger partial charge in [0.15, 0.2) is 0 Å². The molecule has 1 N–H and O–H groups in total. The van der Waals surface area contributed by atoms with E-state index in [1.54, 1.807) is 0 Å². The second-order valence-corrected chi connectivity index (χ2v) is 6.10. The van der Waals surface area contributed by atoms with Gasteiger partial charge in [0.1, 0.15) is 11.9 Å². The monoisotopic (exact) mass is 246 g/mol. The van der Waals surface area contributed by atoms with Gasteiger partial charge in [0.2, 0.25) is 0 Å². The molecule has 2 heterocycles. The summed E-state index contributed by atoms with van der Waals surface area (Å²) in [6.07, 6.45) is 1.39. The Hall–Kier alpha value is -1.06. The van der Waals surface area contributed by atoms with Gasteiger partial charge in [0.05, 0.1) is 0 Å². The van der Waals surface area contributed by atoms with Crippen LogP contribution < -0.4 is 10.1 Å². The predicted octanol–water partition coefficient (Wildman–Crippen LogP) is 1.67. The molecule has 3 rings (SSSR count). The van der Waals surface area contributed by atoms with Crippen molar-refractivity contribution in [3.8, 4) is 5.75 Å². The quantitative estimate of drug-likeness (QED) is 0.859. The molecule has 0 bridgehead atoms. The minimum Gasteiger partial charge on any atom is -0.488 e. The van der Waals surface area contributed by atoms with Gasteiger partial charge in [-0.3, -0.25) is 4.90 Å². The van der Waals surface area contributed by atoms with Crippen LogP contribution in [0.25, 0.3) is 0 Å². The molecule has 1 fully saturated rings. The molecule has 0 amide bonds. The highest BCUT2D eigenvalue weighted by Crippen LogP contribution is 2.28. The molecule has 1 aromatic rings. The SMILES string of the molecule is CC1(C)CN(CC2Cc3ccccc3O2)CCN1. The molecular weight excluding hydrogens is 224 g/mol. The highest BCUT2D eigenvalue weighted by Gasteiger charge is 2.30. The van der Waals surface area contributed by atoms with Gasteiger partial charge < -0.3 is 10.1 Å². The number of rotatable bonds is 2. The van der Waals surface area contributed by atoms with E-state index < -0.39 is 0 Å². The Morgan fingerprint density at radius 1 is 1.39 bits per heavy atom. The van der Waals surface area contributed by atoms with Crippen LogP contribution in [0.15, 0.2) is 24.3 Å². The molecule has 98 valence electrons. The molecule has 1 unspecified atom stereocenters. The minimum atomic E-state index is 0.226. The minimum absolute atomic E-state index is 0.226. The second-order valence-electron chi connectivity index (χ2n) is 6.10. The lowest BCUT2D eigenvalue weighted by atomic mass is 10.0. The number of nitrogens with zero attached hydrogens (tertiary/aromatic N) is 1. The molecule has 3 heteroatoms. The fourth-order valence-electron chi connectivity index (χ4n) is 3.05. The predicted molar refractivity (Wildman–Crippen MR) is 73.1 cm³/mol. The third-order valence-corrected chi connectivity index (χ3v) is 3.83. The first-order valence-corrected chi connectivity index (χ1v) is 6.84. The van der Waals surface area contributed by atoms with E-state index in [1.165, 1.54) is 5.56 Å². The summed E-state index contributed by atoms with van der Waals surface area (Å²) in [7, 11) is 0. The smallest absolute Gasteiger partial charge is 0.123 e. The number of hydrogen-bond donors (Lipinski definition) is 1. The summed E-state index contributed by atoms with van der Waals surface area (Å²) >= 11 is 0. The van der Waals surface area contributed by atoms with Crippen LogP contribution in [0, 0.1) is 0 Å². The third-order valence-electron chi connectivity index (χ3n) is 3.83. The van der Waals surface area contributed by atoms with Gasteiger partial charge in [-0.1, -0.05) is 18.2 Å². The molecule has 3 nitrogen and oxygen atoms in total. The Bertz CT molecular complexity index is 405. The molecule has 18 heavy (non-hydrogen) atoms. The molecule has 1 atom stereocenters. The van der Waals surface area contributed by atoms with Gasteiger partial charge in [-0.15, -0.1) is 0 Å². The Labute approximate surface area is 109 Å². The summed E-state index contributed by atoms with van der Waals surface area (Å²) in [4.78, 5) is 2.52. The number of hydrogen-bond acceptors (Lipinski definition) is 3. The van der Waals surface area contributed by atoms with Crippen LogP contribution in [0.1, 0.15) is 19.4 Å². The zero-order valence-corrected chi connectivity index (χ0v) is 11.3. The van der Waals surface area contributed by atoms with Crippen LogP contribution in [0.5, 0.6) is 5.75 Å². The second kappa shape index (κ2) is 4.56. The van der Waals surface area contributed by atoms with Crippen molar-refractivity contribution in [3.05, 3.63) is 29.8 Å². The first-order valence-electron chi connectivity index (χ1n) is 6.84. The Balaban J connectivity index is 1.59. The molecule has 0 spiro atoms. The van der Waals surface area contributed by atoms with Crippen molar-refractivity contribution in [2.24, 2.45) is 0 Å². The van der Waals surface area contributed by atoms with Crippen molar-refractivity contribution in [2.75, 3.05) is 26.2 Å². The lowest BCUT2D eigenvalue weighted by Crippen LogP contribution is -2.58. The van der Waals surface area contributed by atoms with E-state index >= 15 is 0 Å². The van der Waals surface area contributed by atoms with Crippen LogP contribution in [-0.2, 0) is 6.42 Å². The Morgan fingerprint density at radius 2 is 2.22 bits per heavy atom. The molecule has 0 aliphatic carbocycles. The van der Waals surface area contributed by atoms with Crippen molar-refractivity contribution < 1.29 is 4.74 Å². The molecule has 1 saturated heterocycles. The average molecular weight is 246 g/mol. The third kappa shape index (κ3) is 2.52. The number of benzene rings is 1. The number of para-hydroxylation sites is 1. The summed E-state index contributed by atoms with van der Waals surface area (Å²) in [5.74, 6) is 1.08. The Morgan fingerprint density at radius 3 is 3.00 bits per heavy atom. The van der Waals surface area contributed by atoms with Crippen molar-refractivity contribution in [1.29, 1.82) is 0 Å². The van der Waals surface area contributed by atoms with Crippen LogP contribution in [0.2, 0.25) is 0 Å². The Kier molecular flexibility index (Phi) is 3.04. The number of fused-ring (bicyclic) bond motifs is 1. The van der Waals surface area contributed by atoms with E-state index in [0.717, 1.165) is 38.3 Å². The maximum Gasteiger partial charge on any atom is 0.123 e. The van der Waals surface area contributed by atoms with Crippen molar-refractivity contribution >= 4 is 0 Å². The maximum atomic E-state index is 6.02. The van der Waals surface area contributed by atoms with Crippen LogP contribution in [0.4, 0.5) is 0 Å². The van der Waals surface area contributed by atoms with E-state index in [4.69, 9.17) is 4.74 Å². The maximum absolute atomic E-state index is 6.02. The largest absolute Gasteiger partial charge is 0.488 e. The molecule has 1 aromatic carbocycles. The highest BCUT2D eigenvalue weighted by molar-refractivity contribution is 5.37. The first-order chi connectivity index (χ1) is 8.62. The lowest BCUT2D eigenvalue weighted by Gasteiger charge is -2.39. The van der Waals surface area contributed by atoms with Gasteiger partial charge >= 0.3 is 0 Å². The van der Waals surface area contributed by atoms with Gasteiger partial charge in [0, 0.05) is 38.1 Å². The zero-order chi connectivity index (χ0) is 12.6. The number of nitrogens with one attached hydrogen (secondary N) is 1. The molecule has 0 aromatic heterocycles. The van der Waals surface area contributed by atoms with Gasteiger partial charge in [-0.05, 0) is 25.5 Å². The van der Waals surface area contributed by atoms with E-state index in [2.05, 4.69) is 48.3 Å². The standard InChI is InChI=1S/C15H22N2O/c1-15(2)11-17(8-7-16-15)10-13-9-12-5-3-4-6-14(12)18-13/h3-6,13,16H,7-11H2,1-2H3. The van der Waals surface area contributed by atoms with E-state index in [0.29, 0.717) is 6.10 Å². The van der Waals surface area contributed by atoms with Gasteiger partial charge in [-0.2, -0.15) is 0 Å².